The fourth-order valence-corrected chi connectivity index (χ4v) is 1.08. The molecule has 5 nitrogen and oxygen atoms in total. The summed E-state index contributed by atoms with van der Waals surface area (Å²) in [6.07, 6.45) is 7.71. The van der Waals surface area contributed by atoms with Gasteiger partial charge in [-0.2, -0.15) is 0 Å². The maximum Gasteiger partial charge on any atom is 0.326 e. The van der Waals surface area contributed by atoms with E-state index in [2.05, 4.69) is 0 Å². The Hall–Kier alpha value is -2.04. The van der Waals surface area contributed by atoms with Crippen LogP contribution in [0.5, 0.6) is 0 Å². The molecule has 0 fully saturated rings. The molecule has 0 saturated carbocycles. The van der Waals surface area contributed by atoms with Crippen molar-refractivity contribution in [2.24, 2.45) is 5.73 Å². The normalized spacial score (nSPS) is 18.1. The van der Waals surface area contributed by atoms with Crippen LogP contribution >= 0.6 is 0 Å². The predicted octanol–water partition coefficient (Wildman–Crippen LogP) is 0.214. The molecule has 0 radical (unpaired) electrons. The summed E-state index contributed by atoms with van der Waals surface area (Å²) in [5.41, 5.74) is 5.49. The highest BCUT2D eigenvalue weighted by molar-refractivity contribution is 5.96. The molecule has 80 valence electrons. The molecule has 0 aromatic carbocycles. The molecule has 0 aromatic rings. The molecular formula is C10H12N2O3. The molecule has 0 bridgehead atoms. The lowest BCUT2D eigenvalue weighted by atomic mass is 10.2. The molecule has 3 N–H and O–H groups in total. The molecule has 0 spiro atoms. The standard InChI is InChI=1S/C10H12N2O3/c1-7(10(14)15)12-6-4-2-3-5-8(11)9(12)13/h2-7H,11H2,1H3,(H,14,15). The van der Waals surface area contributed by atoms with Crippen LogP contribution in [-0.2, 0) is 9.59 Å². The number of nitrogens with zero attached hydrogens (tertiary/aromatic N) is 1. The largest absolute Gasteiger partial charge is 0.480 e. The summed E-state index contributed by atoms with van der Waals surface area (Å²) in [5, 5.41) is 8.79. The van der Waals surface area contributed by atoms with Gasteiger partial charge in [0, 0.05) is 6.20 Å². The number of carboxylic acids is 1. The second kappa shape index (κ2) is 4.45. The first-order valence-electron chi connectivity index (χ1n) is 4.40. The molecule has 1 aliphatic rings. The fraction of sp³-hybridized carbons (Fsp3) is 0.200. The zero-order valence-electron chi connectivity index (χ0n) is 8.25. The highest BCUT2D eigenvalue weighted by Crippen LogP contribution is 2.07. The molecule has 1 amide bonds. The maximum absolute atomic E-state index is 11.6. The van der Waals surface area contributed by atoms with Crippen LogP contribution in [0.15, 0.2) is 36.2 Å². The van der Waals surface area contributed by atoms with E-state index in [4.69, 9.17) is 10.8 Å². The molecule has 1 heterocycles. The van der Waals surface area contributed by atoms with E-state index in [-0.39, 0.29) is 5.70 Å². The Labute approximate surface area is 87.2 Å². The van der Waals surface area contributed by atoms with Crippen molar-refractivity contribution in [3.63, 3.8) is 0 Å². The van der Waals surface area contributed by atoms with Gasteiger partial charge in [-0.15, -0.1) is 0 Å². The van der Waals surface area contributed by atoms with Crippen molar-refractivity contribution in [3.8, 4) is 0 Å². The Morgan fingerprint density at radius 2 is 2.13 bits per heavy atom. The Kier molecular flexibility index (Phi) is 3.28. The molecule has 1 atom stereocenters. The van der Waals surface area contributed by atoms with E-state index in [9.17, 15) is 9.59 Å². The lowest BCUT2D eigenvalue weighted by Crippen LogP contribution is -2.41. The van der Waals surface area contributed by atoms with Gasteiger partial charge in [0.25, 0.3) is 5.91 Å². The van der Waals surface area contributed by atoms with Crippen molar-refractivity contribution < 1.29 is 14.7 Å². The first-order chi connectivity index (χ1) is 7.04. The van der Waals surface area contributed by atoms with Gasteiger partial charge in [-0.05, 0) is 19.1 Å². The van der Waals surface area contributed by atoms with Gasteiger partial charge in [0.15, 0.2) is 0 Å². The number of amides is 1. The molecule has 0 saturated heterocycles. The summed E-state index contributed by atoms with van der Waals surface area (Å²) < 4.78 is 0. The van der Waals surface area contributed by atoms with Crippen LogP contribution in [0, 0.1) is 0 Å². The average Bonchev–Trinajstić information content (AvgIpc) is 2.19. The summed E-state index contributed by atoms with van der Waals surface area (Å²) in [6, 6.07) is -0.938. The molecule has 1 aliphatic heterocycles. The second-order valence-corrected chi connectivity index (χ2v) is 3.08. The van der Waals surface area contributed by atoms with Gasteiger partial charge in [-0.25, -0.2) is 4.79 Å². The van der Waals surface area contributed by atoms with Gasteiger partial charge in [-0.1, -0.05) is 12.2 Å². The molecule has 0 aromatic heterocycles. The van der Waals surface area contributed by atoms with Gasteiger partial charge >= 0.3 is 5.97 Å². The predicted molar refractivity (Wildman–Crippen MR) is 54.5 cm³/mol. The van der Waals surface area contributed by atoms with Crippen LogP contribution in [0.2, 0.25) is 0 Å². The van der Waals surface area contributed by atoms with E-state index in [0.717, 1.165) is 4.90 Å². The number of allylic oxidation sites excluding steroid dienone is 4. The van der Waals surface area contributed by atoms with Crippen LogP contribution < -0.4 is 5.73 Å². The molecular weight excluding hydrogens is 196 g/mol. The number of hydrogen-bond acceptors (Lipinski definition) is 3. The monoisotopic (exact) mass is 208 g/mol. The van der Waals surface area contributed by atoms with Crippen LogP contribution in [0.1, 0.15) is 6.92 Å². The summed E-state index contributed by atoms with van der Waals surface area (Å²) in [7, 11) is 0. The van der Waals surface area contributed by atoms with Crippen molar-refractivity contribution in [1.29, 1.82) is 0 Å². The van der Waals surface area contributed by atoms with Crippen molar-refractivity contribution in [2.45, 2.75) is 13.0 Å². The lowest BCUT2D eigenvalue weighted by Gasteiger charge is -2.22. The van der Waals surface area contributed by atoms with Crippen molar-refractivity contribution >= 4 is 11.9 Å². The minimum absolute atomic E-state index is 0.0173. The van der Waals surface area contributed by atoms with E-state index in [1.165, 1.54) is 19.2 Å². The Bertz CT molecular complexity index is 369. The van der Waals surface area contributed by atoms with Crippen molar-refractivity contribution in [2.75, 3.05) is 0 Å². The van der Waals surface area contributed by atoms with Gasteiger partial charge in [0.1, 0.15) is 6.04 Å². The van der Waals surface area contributed by atoms with Crippen LogP contribution in [0.3, 0.4) is 0 Å². The Morgan fingerprint density at radius 3 is 2.73 bits per heavy atom. The number of rotatable bonds is 2. The first kappa shape index (κ1) is 11.0. The molecule has 1 unspecified atom stereocenters. The van der Waals surface area contributed by atoms with Gasteiger partial charge < -0.3 is 10.8 Å². The van der Waals surface area contributed by atoms with E-state index >= 15 is 0 Å². The number of aliphatic carboxylic acids is 1. The summed E-state index contributed by atoms with van der Waals surface area (Å²) in [6.45, 7) is 1.42. The second-order valence-electron chi connectivity index (χ2n) is 3.08. The highest BCUT2D eigenvalue weighted by atomic mass is 16.4. The zero-order chi connectivity index (χ0) is 11.4. The number of carbonyl (C=O) groups is 2. The minimum Gasteiger partial charge on any atom is -0.480 e. The third-order valence-corrected chi connectivity index (χ3v) is 2.00. The number of hydrogen-bond donors (Lipinski definition) is 2. The van der Waals surface area contributed by atoms with Gasteiger partial charge in [-0.3, -0.25) is 9.69 Å². The van der Waals surface area contributed by atoms with Crippen LogP contribution in [0.4, 0.5) is 0 Å². The van der Waals surface area contributed by atoms with E-state index in [1.807, 2.05) is 0 Å². The highest BCUT2D eigenvalue weighted by Gasteiger charge is 2.24. The Morgan fingerprint density at radius 1 is 1.47 bits per heavy atom. The third-order valence-electron chi connectivity index (χ3n) is 2.00. The summed E-state index contributed by atoms with van der Waals surface area (Å²) in [4.78, 5) is 23.5. The third kappa shape index (κ3) is 2.46. The van der Waals surface area contributed by atoms with Crippen molar-refractivity contribution in [3.05, 3.63) is 36.2 Å². The maximum atomic E-state index is 11.6. The summed E-state index contributed by atoms with van der Waals surface area (Å²) in [5.74, 6) is -1.59. The number of nitrogens with two attached hydrogens (primary N) is 1. The van der Waals surface area contributed by atoms with E-state index in [1.54, 1.807) is 18.2 Å². The van der Waals surface area contributed by atoms with E-state index in [0.29, 0.717) is 0 Å². The SMILES string of the molecule is CC(C(=O)O)N1C=CC=CC=C(N)C1=O. The smallest absolute Gasteiger partial charge is 0.326 e. The lowest BCUT2D eigenvalue weighted by molar-refractivity contribution is -0.145. The van der Waals surface area contributed by atoms with E-state index < -0.39 is 17.9 Å². The first-order valence-corrected chi connectivity index (χ1v) is 4.40. The van der Waals surface area contributed by atoms with Crippen LogP contribution in [0.25, 0.3) is 0 Å². The molecule has 0 aliphatic carbocycles. The summed E-state index contributed by atoms with van der Waals surface area (Å²) >= 11 is 0. The average molecular weight is 208 g/mol. The molecule has 15 heavy (non-hydrogen) atoms. The van der Waals surface area contributed by atoms with Gasteiger partial charge in [0.2, 0.25) is 0 Å². The van der Waals surface area contributed by atoms with Crippen LogP contribution in [-0.4, -0.2) is 27.9 Å². The van der Waals surface area contributed by atoms with Crippen molar-refractivity contribution in [1.82, 2.24) is 4.90 Å². The minimum atomic E-state index is -1.08. The quantitative estimate of drug-likeness (QED) is 0.679. The number of carboxylic acid groups (broad SMARTS) is 1. The molecule has 1 rings (SSSR count). The Balaban J connectivity index is 3.01. The molecule has 5 heteroatoms. The topological polar surface area (TPSA) is 83.6 Å². The van der Waals surface area contributed by atoms with Gasteiger partial charge in [0.05, 0.1) is 5.70 Å². The number of carbonyl (C=O) groups excluding carboxylic acids is 1. The fourth-order valence-electron chi connectivity index (χ4n) is 1.08. The zero-order valence-corrected chi connectivity index (χ0v) is 8.25.